The summed E-state index contributed by atoms with van der Waals surface area (Å²) in [5.74, 6) is 0.380. The van der Waals surface area contributed by atoms with Gasteiger partial charge in [0.05, 0.1) is 18.0 Å². The predicted octanol–water partition coefficient (Wildman–Crippen LogP) is 5.14. The minimum atomic E-state index is -0.595. The zero-order valence-corrected chi connectivity index (χ0v) is 21.1. The van der Waals surface area contributed by atoms with Crippen molar-refractivity contribution in [3.05, 3.63) is 106 Å². The number of hydrogen-bond donors (Lipinski definition) is 2. The van der Waals surface area contributed by atoms with E-state index in [1.807, 2.05) is 48.5 Å². The molecular formula is C29H24ClFN6O. The summed E-state index contributed by atoms with van der Waals surface area (Å²) in [6, 6.07) is 20.1. The summed E-state index contributed by atoms with van der Waals surface area (Å²) in [5.41, 5.74) is 12.3. The number of nitrogens with zero attached hydrogens (tertiary/aromatic N) is 4. The lowest BCUT2D eigenvalue weighted by atomic mass is 9.93. The van der Waals surface area contributed by atoms with Gasteiger partial charge in [-0.1, -0.05) is 41.9 Å². The number of hydrogen-bond acceptors (Lipinski definition) is 6. The van der Waals surface area contributed by atoms with E-state index in [9.17, 15) is 9.18 Å². The Bertz CT molecular complexity index is 1570. The number of aromatic nitrogens is 2. The molecule has 4 aromatic rings. The number of fused-ring (bicyclic) bond motifs is 3. The average Bonchev–Trinajstić information content (AvgIpc) is 3.07. The molecule has 1 amide bonds. The minimum absolute atomic E-state index is 0.0278. The van der Waals surface area contributed by atoms with Gasteiger partial charge in [-0.05, 0) is 42.0 Å². The Hall–Kier alpha value is -4.14. The first-order chi connectivity index (χ1) is 18.5. The van der Waals surface area contributed by atoms with Crippen LogP contribution in [0.3, 0.4) is 0 Å². The normalized spacial score (nSPS) is 14.6. The zero-order chi connectivity index (χ0) is 26.2. The van der Waals surface area contributed by atoms with Gasteiger partial charge in [-0.3, -0.25) is 9.79 Å². The lowest BCUT2D eigenvalue weighted by molar-refractivity contribution is 0.0608. The highest BCUT2D eigenvalue weighted by Gasteiger charge is 2.28. The van der Waals surface area contributed by atoms with Crippen molar-refractivity contribution in [1.29, 1.82) is 0 Å². The number of carbonyl (C=O) groups excluding carboxylic acids is 1. The van der Waals surface area contributed by atoms with Crippen molar-refractivity contribution in [2.75, 3.05) is 18.4 Å². The molecule has 0 radical (unpaired) electrons. The Morgan fingerprint density at radius 3 is 2.61 bits per heavy atom. The third-order valence-electron chi connectivity index (χ3n) is 6.77. The van der Waals surface area contributed by atoms with Crippen molar-refractivity contribution < 1.29 is 9.18 Å². The first-order valence-electron chi connectivity index (χ1n) is 12.3. The molecule has 0 aliphatic carbocycles. The number of alkyl halides is 1. The van der Waals surface area contributed by atoms with Crippen molar-refractivity contribution in [1.82, 2.24) is 14.9 Å². The van der Waals surface area contributed by atoms with Crippen LogP contribution in [-0.2, 0) is 13.2 Å². The number of likely N-dealkylation sites (tertiary alicyclic amines) is 1. The van der Waals surface area contributed by atoms with Gasteiger partial charge in [0.25, 0.3) is 5.91 Å². The second-order valence-corrected chi connectivity index (χ2v) is 9.82. The molecule has 0 spiro atoms. The van der Waals surface area contributed by atoms with E-state index in [2.05, 4.69) is 10.3 Å². The lowest BCUT2D eigenvalue weighted by Crippen LogP contribution is -2.57. The molecule has 3 aromatic carbocycles. The van der Waals surface area contributed by atoms with Crippen LogP contribution in [0.5, 0.6) is 0 Å². The van der Waals surface area contributed by atoms with Gasteiger partial charge >= 0.3 is 0 Å². The summed E-state index contributed by atoms with van der Waals surface area (Å²) in [6.45, 7) is 0.912. The van der Waals surface area contributed by atoms with Gasteiger partial charge in [0.1, 0.15) is 6.67 Å². The largest absolute Gasteiger partial charge is 0.335 e. The molecular weight excluding hydrogens is 503 g/mol. The van der Waals surface area contributed by atoms with E-state index >= 15 is 0 Å². The number of nitrogens with one attached hydrogen (secondary N) is 1. The van der Waals surface area contributed by atoms with Gasteiger partial charge in [-0.2, -0.15) is 0 Å². The topological polar surface area (TPSA) is 96.5 Å². The van der Waals surface area contributed by atoms with E-state index in [1.54, 1.807) is 29.3 Å². The third-order valence-corrected chi connectivity index (χ3v) is 7.00. The number of rotatable bonds is 5. The second-order valence-electron chi connectivity index (χ2n) is 9.39. The van der Waals surface area contributed by atoms with E-state index in [4.69, 9.17) is 27.3 Å². The number of carbonyl (C=O) groups is 1. The van der Waals surface area contributed by atoms with Gasteiger partial charge in [0.2, 0.25) is 5.95 Å². The Balaban J connectivity index is 1.32. The van der Waals surface area contributed by atoms with Gasteiger partial charge in [-0.25, -0.2) is 14.4 Å². The molecule has 3 heterocycles. The monoisotopic (exact) mass is 526 g/mol. The van der Waals surface area contributed by atoms with Crippen LogP contribution in [0.4, 0.5) is 16.0 Å². The van der Waals surface area contributed by atoms with Crippen molar-refractivity contribution in [3.8, 4) is 11.3 Å². The first kappa shape index (κ1) is 24.2. The number of aliphatic imine (C=N–C) groups is 1. The summed E-state index contributed by atoms with van der Waals surface area (Å²) < 4.78 is 13.8. The fraction of sp³-hybridized carbons (Fsp3) is 0.172. The summed E-state index contributed by atoms with van der Waals surface area (Å²) in [5, 5.41) is 3.78. The third kappa shape index (κ3) is 4.53. The smallest absolute Gasteiger partial charge is 0.253 e. The number of anilines is 2. The van der Waals surface area contributed by atoms with Crippen LogP contribution in [0, 0.1) is 0 Å². The fourth-order valence-electron chi connectivity index (χ4n) is 4.77. The molecule has 0 atom stereocenters. The first-order valence-corrected chi connectivity index (χ1v) is 12.6. The molecule has 0 bridgehead atoms. The quantitative estimate of drug-likeness (QED) is 0.375. The maximum Gasteiger partial charge on any atom is 0.253 e. The van der Waals surface area contributed by atoms with Crippen LogP contribution in [-0.4, -0.2) is 45.6 Å². The molecule has 7 nitrogen and oxygen atoms in total. The van der Waals surface area contributed by atoms with Crippen LogP contribution in [0.2, 0.25) is 5.02 Å². The number of nitrogens with two attached hydrogens (primary N) is 1. The van der Waals surface area contributed by atoms with Crippen molar-refractivity contribution in [3.63, 3.8) is 0 Å². The fourth-order valence-corrected chi connectivity index (χ4v) is 4.94. The van der Waals surface area contributed by atoms with Crippen LogP contribution >= 0.6 is 11.6 Å². The lowest BCUT2D eigenvalue weighted by Gasteiger charge is -2.36. The number of halogens is 2. The van der Waals surface area contributed by atoms with Crippen molar-refractivity contribution >= 4 is 34.9 Å². The highest BCUT2D eigenvalue weighted by molar-refractivity contribution is 6.31. The van der Waals surface area contributed by atoms with Crippen LogP contribution in [0.1, 0.15) is 32.6 Å². The Morgan fingerprint density at radius 2 is 1.84 bits per heavy atom. The Kier molecular flexibility index (Phi) is 6.35. The molecule has 38 heavy (non-hydrogen) atoms. The van der Waals surface area contributed by atoms with Crippen molar-refractivity contribution in [2.24, 2.45) is 10.7 Å². The maximum atomic E-state index is 13.8. The van der Waals surface area contributed by atoms with Gasteiger partial charge in [0.15, 0.2) is 0 Å². The molecule has 0 unspecified atom stereocenters. The van der Waals surface area contributed by atoms with Crippen LogP contribution in [0.25, 0.3) is 11.3 Å². The molecule has 190 valence electrons. The molecule has 9 heteroatoms. The standard InChI is InChI=1S/C29H24ClFN6O/c30-20-7-10-24-25(11-20)27(23-4-2-1-3-18(23)12-31)33-13-19-14-34-29(36-26(19)24)35-22-8-5-17(6-9-22)28(38)37-15-21(32)16-37/h1-11,14,21H,12-13,15-16,32H2,(H,34,35,36). The summed E-state index contributed by atoms with van der Waals surface area (Å²) in [6.07, 6.45) is 1.75. The molecule has 1 fully saturated rings. The molecule has 6 rings (SSSR count). The van der Waals surface area contributed by atoms with E-state index in [-0.39, 0.29) is 11.9 Å². The highest BCUT2D eigenvalue weighted by Crippen LogP contribution is 2.34. The summed E-state index contributed by atoms with van der Waals surface area (Å²) in [4.78, 5) is 28.4. The molecule has 3 N–H and O–H groups in total. The predicted molar refractivity (Wildman–Crippen MR) is 147 cm³/mol. The van der Waals surface area contributed by atoms with E-state index < -0.39 is 6.67 Å². The number of amides is 1. The number of benzene rings is 3. The Morgan fingerprint density at radius 1 is 1.05 bits per heavy atom. The summed E-state index contributed by atoms with van der Waals surface area (Å²) in [7, 11) is 0. The van der Waals surface area contributed by atoms with E-state index in [0.717, 1.165) is 33.6 Å². The molecule has 2 aliphatic rings. The van der Waals surface area contributed by atoms with Gasteiger partial charge < -0.3 is 16.0 Å². The molecule has 1 aromatic heterocycles. The van der Waals surface area contributed by atoms with Gasteiger partial charge in [-0.15, -0.1) is 0 Å². The average molecular weight is 527 g/mol. The molecule has 1 saturated heterocycles. The van der Waals surface area contributed by atoms with Crippen molar-refractivity contribution in [2.45, 2.75) is 19.3 Å². The van der Waals surface area contributed by atoms with Crippen LogP contribution < -0.4 is 11.1 Å². The highest BCUT2D eigenvalue weighted by atomic mass is 35.5. The SMILES string of the molecule is NC1CN(C(=O)c2ccc(Nc3ncc4c(n3)-c3ccc(Cl)cc3C(c3ccccc3CF)=NC4)cc2)C1. The summed E-state index contributed by atoms with van der Waals surface area (Å²) >= 11 is 6.39. The second kappa shape index (κ2) is 9.96. The Labute approximate surface area is 224 Å². The molecule has 2 aliphatic heterocycles. The minimum Gasteiger partial charge on any atom is -0.335 e. The van der Waals surface area contributed by atoms with E-state index in [0.29, 0.717) is 47.4 Å². The van der Waals surface area contributed by atoms with Crippen LogP contribution in [0.15, 0.2) is 77.9 Å². The van der Waals surface area contributed by atoms with E-state index in [1.165, 1.54) is 0 Å². The molecule has 0 saturated carbocycles. The maximum absolute atomic E-state index is 13.8. The zero-order valence-electron chi connectivity index (χ0n) is 20.4. The van der Waals surface area contributed by atoms with Gasteiger partial charge in [0, 0.05) is 63.9 Å².